The van der Waals surface area contributed by atoms with Crippen molar-refractivity contribution < 1.29 is 0 Å². The van der Waals surface area contributed by atoms with Gasteiger partial charge in [0, 0.05) is 5.69 Å². The van der Waals surface area contributed by atoms with E-state index in [1.807, 2.05) is 12.1 Å². The van der Waals surface area contributed by atoms with Gasteiger partial charge in [-0.2, -0.15) is 0 Å². The maximum absolute atomic E-state index is 5.61. The van der Waals surface area contributed by atoms with Crippen molar-refractivity contribution in [1.29, 1.82) is 0 Å². The van der Waals surface area contributed by atoms with Crippen LogP contribution in [0.1, 0.15) is 25.3 Å². The molecule has 2 nitrogen and oxygen atoms in total. The minimum Gasteiger partial charge on any atom is -0.399 e. The summed E-state index contributed by atoms with van der Waals surface area (Å²) in [5.41, 5.74) is 7.83. The van der Waals surface area contributed by atoms with Crippen LogP contribution in [-0.4, -0.2) is 13.1 Å². The van der Waals surface area contributed by atoms with Gasteiger partial charge in [-0.15, -0.1) is 0 Å². The zero-order valence-electron chi connectivity index (χ0n) is 8.92. The normalized spacial score (nSPS) is 10.4. The number of hydrogen-bond donors (Lipinski definition) is 2. The van der Waals surface area contributed by atoms with Crippen molar-refractivity contribution in [1.82, 2.24) is 5.32 Å². The molecule has 0 bridgehead atoms. The van der Waals surface area contributed by atoms with Gasteiger partial charge in [-0.05, 0) is 50.0 Å². The van der Waals surface area contributed by atoms with Crippen LogP contribution in [0, 0.1) is 0 Å². The van der Waals surface area contributed by atoms with Gasteiger partial charge in [0.2, 0.25) is 0 Å². The smallest absolute Gasteiger partial charge is 0.0314 e. The summed E-state index contributed by atoms with van der Waals surface area (Å²) in [7, 11) is 0. The van der Waals surface area contributed by atoms with E-state index in [2.05, 4.69) is 24.4 Å². The van der Waals surface area contributed by atoms with Crippen molar-refractivity contribution >= 4 is 5.69 Å². The lowest BCUT2D eigenvalue weighted by Crippen LogP contribution is -2.16. The number of benzene rings is 1. The number of nitrogens with two attached hydrogens (primary N) is 1. The molecule has 0 fully saturated rings. The van der Waals surface area contributed by atoms with Crippen molar-refractivity contribution in [2.45, 2.75) is 26.2 Å². The average Bonchev–Trinajstić information content (AvgIpc) is 2.21. The van der Waals surface area contributed by atoms with Crippen LogP contribution in [0.2, 0.25) is 0 Å². The van der Waals surface area contributed by atoms with E-state index in [-0.39, 0.29) is 0 Å². The predicted octanol–water partition coefficient (Wildman–Crippen LogP) is 2.20. The molecule has 0 aliphatic heterocycles. The number of nitrogens with one attached hydrogen (secondary N) is 1. The van der Waals surface area contributed by atoms with Crippen LogP contribution in [0.15, 0.2) is 24.3 Å². The minimum absolute atomic E-state index is 0.845. The summed E-state index contributed by atoms with van der Waals surface area (Å²) in [4.78, 5) is 0. The lowest BCUT2D eigenvalue weighted by Gasteiger charge is -2.03. The molecular weight excluding hydrogens is 172 g/mol. The van der Waals surface area contributed by atoms with E-state index in [0.29, 0.717) is 0 Å². The number of hydrogen-bond acceptors (Lipinski definition) is 2. The molecule has 0 aliphatic carbocycles. The van der Waals surface area contributed by atoms with Gasteiger partial charge in [0.15, 0.2) is 0 Å². The molecule has 0 unspecified atom stereocenters. The van der Waals surface area contributed by atoms with E-state index in [1.165, 1.54) is 18.4 Å². The van der Waals surface area contributed by atoms with Crippen molar-refractivity contribution in [3.05, 3.63) is 29.8 Å². The van der Waals surface area contributed by atoms with Crippen LogP contribution in [-0.2, 0) is 6.42 Å². The Labute approximate surface area is 86.5 Å². The predicted molar refractivity (Wildman–Crippen MR) is 62.3 cm³/mol. The molecule has 3 N–H and O–H groups in total. The molecule has 0 atom stereocenters. The van der Waals surface area contributed by atoms with Crippen LogP contribution in [0.5, 0.6) is 0 Å². The fourth-order valence-electron chi connectivity index (χ4n) is 1.40. The Morgan fingerprint density at radius 1 is 1.14 bits per heavy atom. The third-order valence-corrected chi connectivity index (χ3v) is 2.23. The highest BCUT2D eigenvalue weighted by molar-refractivity contribution is 5.39. The fourth-order valence-corrected chi connectivity index (χ4v) is 1.40. The van der Waals surface area contributed by atoms with Crippen LogP contribution < -0.4 is 11.1 Å². The van der Waals surface area contributed by atoms with E-state index in [0.717, 1.165) is 25.2 Å². The first-order chi connectivity index (χ1) is 6.83. The quantitative estimate of drug-likeness (QED) is 0.535. The van der Waals surface area contributed by atoms with E-state index >= 15 is 0 Å². The van der Waals surface area contributed by atoms with Crippen molar-refractivity contribution in [2.24, 2.45) is 0 Å². The van der Waals surface area contributed by atoms with Gasteiger partial charge in [0.25, 0.3) is 0 Å². The minimum atomic E-state index is 0.845. The van der Waals surface area contributed by atoms with Crippen LogP contribution in [0.4, 0.5) is 5.69 Å². The first-order valence-electron chi connectivity index (χ1n) is 5.38. The molecule has 0 heterocycles. The first kappa shape index (κ1) is 11.1. The number of anilines is 1. The fraction of sp³-hybridized carbons (Fsp3) is 0.500. The molecule has 0 saturated carbocycles. The summed E-state index contributed by atoms with van der Waals surface area (Å²) in [5.74, 6) is 0. The molecule has 1 aromatic rings. The SMILES string of the molecule is CCCNCCCc1ccc(N)cc1. The molecule has 0 spiro atoms. The molecule has 0 aromatic heterocycles. The first-order valence-corrected chi connectivity index (χ1v) is 5.38. The highest BCUT2D eigenvalue weighted by atomic mass is 14.8. The van der Waals surface area contributed by atoms with Crippen molar-refractivity contribution in [3.63, 3.8) is 0 Å². The Hall–Kier alpha value is -1.02. The number of aryl methyl sites for hydroxylation is 1. The Bertz CT molecular complexity index is 241. The standard InChI is InChI=1S/C12H20N2/c1-2-9-14-10-3-4-11-5-7-12(13)8-6-11/h5-8,14H,2-4,9-10,13H2,1H3. The second-order valence-electron chi connectivity index (χ2n) is 3.60. The molecular formula is C12H20N2. The zero-order valence-corrected chi connectivity index (χ0v) is 8.92. The summed E-state index contributed by atoms with van der Waals surface area (Å²) in [5, 5.41) is 3.39. The summed E-state index contributed by atoms with van der Waals surface area (Å²) in [6.45, 7) is 4.42. The Balaban J connectivity index is 2.15. The van der Waals surface area contributed by atoms with Gasteiger partial charge < -0.3 is 11.1 Å². The molecule has 2 heteroatoms. The highest BCUT2D eigenvalue weighted by Crippen LogP contribution is 2.06. The lowest BCUT2D eigenvalue weighted by atomic mass is 10.1. The number of rotatable bonds is 6. The third kappa shape index (κ3) is 4.28. The topological polar surface area (TPSA) is 38.0 Å². The van der Waals surface area contributed by atoms with Crippen molar-refractivity contribution in [2.75, 3.05) is 18.8 Å². The molecule has 14 heavy (non-hydrogen) atoms. The van der Waals surface area contributed by atoms with Gasteiger partial charge in [-0.3, -0.25) is 0 Å². The third-order valence-electron chi connectivity index (χ3n) is 2.23. The molecule has 0 radical (unpaired) electrons. The second kappa shape index (κ2) is 6.44. The monoisotopic (exact) mass is 192 g/mol. The van der Waals surface area contributed by atoms with Gasteiger partial charge in [0.1, 0.15) is 0 Å². The van der Waals surface area contributed by atoms with E-state index in [9.17, 15) is 0 Å². The maximum Gasteiger partial charge on any atom is 0.0314 e. The highest BCUT2D eigenvalue weighted by Gasteiger charge is 1.92. The summed E-state index contributed by atoms with van der Waals surface area (Å²) < 4.78 is 0. The number of nitrogen functional groups attached to an aromatic ring is 1. The van der Waals surface area contributed by atoms with Gasteiger partial charge in [-0.1, -0.05) is 19.1 Å². The Kier molecular flexibility index (Phi) is 5.08. The molecule has 78 valence electrons. The van der Waals surface area contributed by atoms with Crippen LogP contribution >= 0.6 is 0 Å². The lowest BCUT2D eigenvalue weighted by molar-refractivity contribution is 0.640. The Morgan fingerprint density at radius 2 is 1.86 bits per heavy atom. The van der Waals surface area contributed by atoms with Gasteiger partial charge >= 0.3 is 0 Å². The molecule has 1 aromatic carbocycles. The summed E-state index contributed by atoms with van der Waals surface area (Å²) in [6, 6.07) is 8.15. The average molecular weight is 192 g/mol. The molecule has 0 amide bonds. The van der Waals surface area contributed by atoms with E-state index < -0.39 is 0 Å². The maximum atomic E-state index is 5.61. The zero-order chi connectivity index (χ0) is 10.2. The molecule has 1 rings (SSSR count). The summed E-state index contributed by atoms with van der Waals surface area (Å²) >= 11 is 0. The second-order valence-corrected chi connectivity index (χ2v) is 3.60. The molecule has 0 saturated heterocycles. The van der Waals surface area contributed by atoms with Crippen LogP contribution in [0.3, 0.4) is 0 Å². The van der Waals surface area contributed by atoms with Crippen molar-refractivity contribution in [3.8, 4) is 0 Å². The van der Waals surface area contributed by atoms with Gasteiger partial charge in [0.05, 0.1) is 0 Å². The van der Waals surface area contributed by atoms with Gasteiger partial charge in [-0.25, -0.2) is 0 Å². The largest absolute Gasteiger partial charge is 0.399 e. The Morgan fingerprint density at radius 3 is 2.50 bits per heavy atom. The van der Waals surface area contributed by atoms with E-state index in [4.69, 9.17) is 5.73 Å². The summed E-state index contributed by atoms with van der Waals surface area (Å²) in [6.07, 6.45) is 3.54. The van der Waals surface area contributed by atoms with E-state index in [1.54, 1.807) is 0 Å². The molecule has 0 aliphatic rings. The van der Waals surface area contributed by atoms with Crippen LogP contribution in [0.25, 0.3) is 0 Å².